The molecule has 0 amide bonds. The number of piperidine rings is 1. The van der Waals surface area contributed by atoms with Gasteiger partial charge in [-0.1, -0.05) is 6.07 Å². The number of pyridine rings is 1. The number of fused-ring (bicyclic) bond motifs is 3. The van der Waals surface area contributed by atoms with Gasteiger partial charge in [0.25, 0.3) is 0 Å². The summed E-state index contributed by atoms with van der Waals surface area (Å²) in [7, 11) is -7.21. The van der Waals surface area contributed by atoms with E-state index in [1.807, 2.05) is 24.4 Å². The predicted octanol–water partition coefficient (Wildman–Crippen LogP) is 4.00. The third-order valence-corrected chi connectivity index (χ3v) is 14.1. The van der Waals surface area contributed by atoms with Crippen LogP contribution in [0, 0.1) is 11.8 Å². The van der Waals surface area contributed by atoms with Crippen molar-refractivity contribution >= 4 is 47.7 Å². The highest BCUT2D eigenvalue weighted by atomic mass is 79.9. The van der Waals surface area contributed by atoms with E-state index in [0.717, 1.165) is 46.4 Å². The van der Waals surface area contributed by atoms with Crippen molar-refractivity contribution in [2.45, 2.75) is 59.2 Å². The lowest BCUT2D eigenvalue weighted by atomic mass is 9.93. The van der Waals surface area contributed by atoms with Crippen molar-refractivity contribution in [3.63, 3.8) is 0 Å². The summed E-state index contributed by atoms with van der Waals surface area (Å²) in [6, 6.07) is 9.61. The minimum absolute atomic E-state index is 0.0939. The van der Waals surface area contributed by atoms with E-state index >= 15 is 0 Å². The number of sulfone groups is 1. The third kappa shape index (κ3) is 4.82. The molecular weight excluding hydrogens is 626 g/mol. The van der Waals surface area contributed by atoms with Crippen molar-refractivity contribution in [2.24, 2.45) is 21.8 Å². The number of aliphatic imine (C=N–C) groups is 2. The molecule has 214 valence electrons. The van der Waals surface area contributed by atoms with Crippen LogP contribution in [0.2, 0.25) is 0 Å². The number of aromatic nitrogens is 1. The lowest BCUT2D eigenvalue weighted by Crippen LogP contribution is -2.42. The Bertz CT molecular complexity index is 1730. The van der Waals surface area contributed by atoms with E-state index in [4.69, 9.17) is 9.98 Å². The molecule has 0 spiro atoms. The molecule has 0 radical (unpaired) electrons. The Morgan fingerprint density at radius 1 is 1.07 bits per heavy atom. The van der Waals surface area contributed by atoms with E-state index < -0.39 is 24.6 Å². The summed E-state index contributed by atoms with van der Waals surface area (Å²) < 4.78 is 55.0. The van der Waals surface area contributed by atoms with Crippen LogP contribution in [0.15, 0.2) is 90.5 Å². The Morgan fingerprint density at radius 3 is 2.54 bits per heavy atom. The molecule has 1 aromatic carbocycles. The monoisotopic (exact) mass is 655 g/mol. The number of nitrogens with zero attached hydrogens (tertiary/aromatic N) is 4. The Morgan fingerprint density at radius 2 is 1.83 bits per heavy atom. The zero-order chi connectivity index (χ0) is 28.4. The molecule has 2 aliphatic carbocycles. The van der Waals surface area contributed by atoms with E-state index in [2.05, 4.69) is 26.2 Å². The fourth-order valence-corrected chi connectivity index (χ4v) is 10.2. The number of nitrogens with one attached hydrogen (secondary N) is 1. The van der Waals surface area contributed by atoms with E-state index in [1.165, 1.54) is 28.6 Å². The summed E-state index contributed by atoms with van der Waals surface area (Å²) in [6.45, 7) is 1.30. The van der Waals surface area contributed by atoms with Gasteiger partial charge in [0.05, 0.1) is 30.8 Å². The molecule has 2 atom stereocenters. The number of hydrogen-bond donors (Lipinski definition) is 1. The molecule has 2 bridgehead atoms. The van der Waals surface area contributed by atoms with Crippen molar-refractivity contribution in [3.8, 4) is 0 Å². The van der Waals surface area contributed by atoms with Gasteiger partial charge in [-0.3, -0.25) is 15.0 Å². The van der Waals surface area contributed by atoms with Crippen molar-refractivity contribution < 1.29 is 16.8 Å². The fourth-order valence-electron chi connectivity index (χ4n) is 6.05. The smallest absolute Gasteiger partial charge is 0.243 e. The molecular formula is C29H30BrN5O4S2. The van der Waals surface area contributed by atoms with Gasteiger partial charge in [0.1, 0.15) is 0 Å². The first kappa shape index (κ1) is 27.2. The van der Waals surface area contributed by atoms with Crippen molar-refractivity contribution in [1.29, 1.82) is 0 Å². The van der Waals surface area contributed by atoms with Crippen LogP contribution in [0.1, 0.15) is 37.7 Å². The van der Waals surface area contributed by atoms with Gasteiger partial charge in [-0.2, -0.15) is 4.31 Å². The summed E-state index contributed by atoms with van der Waals surface area (Å²) in [5, 5.41) is 3.53. The van der Waals surface area contributed by atoms with Crippen molar-refractivity contribution in [1.82, 2.24) is 14.6 Å². The van der Waals surface area contributed by atoms with Gasteiger partial charge >= 0.3 is 0 Å². The molecule has 3 fully saturated rings. The molecule has 2 aromatic rings. The highest BCUT2D eigenvalue weighted by Crippen LogP contribution is 2.73. The number of dihydropyridines is 1. The second kappa shape index (κ2) is 9.96. The van der Waals surface area contributed by atoms with Crippen LogP contribution in [0.4, 0.5) is 0 Å². The standard InChI is InChI=1S/C29H30BrN5O4S2/c30-24-17-33-28-12-26(24)34-25(11-27(28)32-16-19-3-1-9-31-15-19)20-4-2-10-35(18-20)41(38,39)23-7-5-22(6-8-23)40(36,37)29-13-21(29)14-29/h1,3,5-9,11,15,17,20-21,28,32H,2,4,10,12-14,16,18H2. The normalized spacial score (nSPS) is 29.2. The topological polar surface area (TPSA) is 121 Å². The largest absolute Gasteiger partial charge is 0.382 e. The fraction of sp³-hybridized carbons (Fsp3) is 0.414. The zero-order valence-corrected chi connectivity index (χ0v) is 25.5. The molecule has 41 heavy (non-hydrogen) atoms. The molecule has 5 aliphatic rings. The molecule has 12 heteroatoms. The highest BCUT2D eigenvalue weighted by molar-refractivity contribution is 9.12. The number of rotatable bonds is 8. The van der Waals surface area contributed by atoms with E-state index in [-0.39, 0.29) is 27.7 Å². The Hall–Kier alpha value is -2.67. The molecule has 1 N–H and O–H groups in total. The lowest BCUT2D eigenvalue weighted by Gasteiger charge is -2.32. The molecule has 7 rings (SSSR count). The van der Waals surface area contributed by atoms with E-state index in [0.29, 0.717) is 32.5 Å². The van der Waals surface area contributed by atoms with Gasteiger partial charge in [-0.15, -0.1) is 0 Å². The van der Waals surface area contributed by atoms with E-state index in [9.17, 15) is 16.8 Å². The Kier molecular flexibility index (Phi) is 6.60. The SMILES string of the molecule is O=S(=O)(c1ccc(S(=O)(=O)C23CC2C3)cc1)N1CCCC(C2=NC3=C(Br)C=NC(C3)C(NCc3cccnc3)=C2)C1. The minimum atomic E-state index is -3.81. The average molecular weight is 657 g/mol. The molecule has 1 saturated heterocycles. The summed E-state index contributed by atoms with van der Waals surface area (Å²) in [5.74, 6) is 0.192. The molecule has 9 nitrogen and oxygen atoms in total. The Labute approximate surface area is 248 Å². The van der Waals surface area contributed by atoms with Gasteiger partial charge in [0, 0.05) is 62.0 Å². The summed E-state index contributed by atoms with van der Waals surface area (Å²) >= 11 is 3.59. The first-order chi connectivity index (χ1) is 19.7. The van der Waals surface area contributed by atoms with Crippen LogP contribution >= 0.6 is 15.9 Å². The second-order valence-electron chi connectivity index (χ2n) is 11.5. The van der Waals surface area contributed by atoms with Crippen LogP contribution in [0.25, 0.3) is 0 Å². The van der Waals surface area contributed by atoms with Gasteiger partial charge < -0.3 is 5.32 Å². The second-order valence-corrected chi connectivity index (χ2v) is 16.6. The number of halogens is 1. The number of benzene rings is 1. The molecule has 4 heterocycles. The number of allylic oxidation sites excluding steroid dienone is 2. The van der Waals surface area contributed by atoms with Crippen LogP contribution < -0.4 is 5.32 Å². The van der Waals surface area contributed by atoms with Gasteiger partial charge in [-0.05, 0) is 89.5 Å². The maximum atomic E-state index is 13.7. The molecule has 2 saturated carbocycles. The highest BCUT2D eigenvalue weighted by Gasteiger charge is 2.77. The van der Waals surface area contributed by atoms with Gasteiger partial charge in [0.15, 0.2) is 9.84 Å². The summed E-state index contributed by atoms with van der Waals surface area (Å²) in [4.78, 5) is 14.2. The number of hydrogen-bond acceptors (Lipinski definition) is 8. The average Bonchev–Trinajstić information content (AvgIpc) is 3.88. The van der Waals surface area contributed by atoms with Crippen LogP contribution in [0.3, 0.4) is 0 Å². The minimum Gasteiger partial charge on any atom is -0.382 e. The van der Waals surface area contributed by atoms with Crippen molar-refractivity contribution in [2.75, 3.05) is 13.1 Å². The van der Waals surface area contributed by atoms with Gasteiger partial charge in [0.2, 0.25) is 10.0 Å². The van der Waals surface area contributed by atoms with Crippen molar-refractivity contribution in [3.05, 3.63) is 76.3 Å². The lowest BCUT2D eigenvalue weighted by molar-refractivity contribution is 0.312. The first-order valence-corrected chi connectivity index (χ1v) is 17.6. The Balaban J connectivity index is 1.12. The summed E-state index contributed by atoms with van der Waals surface area (Å²) in [5.41, 5.74) is 3.74. The van der Waals surface area contributed by atoms with Crippen LogP contribution in [-0.2, 0) is 26.4 Å². The van der Waals surface area contributed by atoms with Gasteiger partial charge in [-0.25, -0.2) is 16.8 Å². The van der Waals surface area contributed by atoms with E-state index in [1.54, 1.807) is 12.4 Å². The zero-order valence-electron chi connectivity index (χ0n) is 22.3. The molecule has 2 unspecified atom stereocenters. The molecule has 1 aromatic heterocycles. The third-order valence-electron chi connectivity index (χ3n) is 8.89. The molecule has 3 aliphatic heterocycles. The summed E-state index contributed by atoms with van der Waals surface area (Å²) in [6.07, 6.45) is 11.0. The first-order valence-electron chi connectivity index (χ1n) is 13.9. The van der Waals surface area contributed by atoms with Crippen LogP contribution in [-0.4, -0.2) is 61.9 Å². The maximum Gasteiger partial charge on any atom is 0.243 e. The predicted molar refractivity (Wildman–Crippen MR) is 160 cm³/mol. The number of sulfonamides is 1. The van der Waals surface area contributed by atoms with Crippen LogP contribution in [0.5, 0.6) is 0 Å². The maximum absolute atomic E-state index is 13.7. The quantitative estimate of drug-likeness (QED) is 0.459.